The van der Waals surface area contributed by atoms with Crippen LogP contribution in [0, 0.1) is 0 Å². The van der Waals surface area contributed by atoms with Crippen LogP contribution >= 0.6 is 0 Å². The summed E-state index contributed by atoms with van der Waals surface area (Å²) in [5.41, 5.74) is -0.245. The standard InChI is InChI=1S/C12H15F3N2/c13-12(14,15)10-4-1-2-5-11(10)17-8-3-6-16-7-9-17/h1-2,4-5,16H,3,6-9H2. The van der Waals surface area contributed by atoms with Gasteiger partial charge in [0, 0.05) is 25.3 Å². The minimum absolute atomic E-state index is 0.295. The molecule has 0 bridgehead atoms. The van der Waals surface area contributed by atoms with Gasteiger partial charge in [0.2, 0.25) is 0 Å². The van der Waals surface area contributed by atoms with Gasteiger partial charge in [0.05, 0.1) is 5.56 Å². The smallest absolute Gasteiger partial charge is 0.370 e. The highest BCUT2D eigenvalue weighted by molar-refractivity contribution is 5.55. The summed E-state index contributed by atoms with van der Waals surface area (Å²) in [4.78, 5) is 1.81. The molecule has 17 heavy (non-hydrogen) atoms. The van der Waals surface area contributed by atoms with Gasteiger partial charge in [-0.1, -0.05) is 12.1 Å². The van der Waals surface area contributed by atoms with Gasteiger partial charge in [0.1, 0.15) is 0 Å². The minimum atomic E-state index is -4.28. The Bertz CT molecular complexity index is 368. The van der Waals surface area contributed by atoms with Crippen molar-refractivity contribution in [3.63, 3.8) is 0 Å². The summed E-state index contributed by atoms with van der Waals surface area (Å²) in [7, 11) is 0. The molecule has 0 spiro atoms. The number of benzene rings is 1. The zero-order chi connectivity index (χ0) is 12.3. The van der Waals surface area contributed by atoms with Crippen LogP contribution < -0.4 is 10.2 Å². The van der Waals surface area contributed by atoms with Gasteiger partial charge in [-0.3, -0.25) is 0 Å². The third kappa shape index (κ3) is 2.91. The van der Waals surface area contributed by atoms with E-state index in [2.05, 4.69) is 5.32 Å². The van der Waals surface area contributed by atoms with Crippen LogP contribution in [0.5, 0.6) is 0 Å². The average Bonchev–Trinajstić information content (AvgIpc) is 2.56. The van der Waals surface area contributed by atoms with Gasteiger partial charge in [-0.2, -0.15) is 13.2 Å². The number of nitrogens with one attached hydrogen (secondary N) is 1. The van der Waals surface area contributed by atoms with Gasteiger partial charge in [-0.25, -0.2) is 0 Å². The second kappa shape index (κ2) is 4.96. The summed E-state index contributed by atoms with van der Waals surface area (Å²) < 4.78 is 38.6. The summed E-state index contributed by atoms with van der Waals surface area (Å²) in [6, 6.07) is 5.78. The number of halogens is 3. The van der Waals surface area contributed by atoms with E-state index in [1.807, 2.05) is 4.90 Å². The first-order valence-electron chi connectivity index (χ1n) is 5.71. The van der Waals surface area contributed by atoms with Crippen LogP contribution in [-0.4, -0.2) is 26.2 Å². The van der Waals surface area contributed by atoms with Crippen LogP contribution in [0.3, 0.4) is 0 Å². The third-order valence-electron chi connectivity index (χ3n) is 2.89. The number of alkyl halides is 3. The van der Waals surface area contributed by atoms with Crippen molar-refractivity contribution in [1.29, 1.82) is 0 Å². The van der Waals surface area contributed by atoms with Crippen molar-refractivity contribution in [2.45, 2.75) is 12.6 Å². The number of rotatable bonds is 1. The molecule has 0 aromatic heterocycles. The van der Waals surface area contributed by atoms with Gasteiger partial charge in [-0.05, 0) is 25.1 Å². The molecule has 1 aromatic rings. The van der Waals surface area contributed by atoms with E-state index in [-0.39, 0.29) is 0 Å². The van der Waals surface area contributed by atoms with Crippen LogP contribution in [0.4, 0.5) is 18.9 Å². The summed E-state index contributed by atoms with van der Waals surface area (Å²) in [5.74, 6) is 0. The van der Waals surface area contributed by atoms with Gasteiger partial charge in [0.15, 0.2) is 0 Å². The monoisotopic (exact) mass is 244 g/mol. The Kier molecular flexibility index (Phi) is 3.57. The Hall–Kier alpha value is -1.23. The van der Waals surface area contributed by atoms with E-state index < -0.39 is 11.7 Å². The minimum Gasteiger partial charge on any atom is -0.370 e. The molecule has 2 nitrogen and oxygen atoms in total. The lowest BCUT2D eigenvalue weighted by atomic mass is 10.1. The fraction of sp³-hybridized carbons (Fsp3) is 0.500. The van der Waals surface area contributed by atoms with Crippen LogP contribution in [0.15, 0.2) is 24.3 Å². The predicted molar refractivity (Wildman–Crippen MR) is 61.1 cm³/mol. The molecule has 0 radical (unpaired) electrons. The van der Waals surface area contributed by atoms with E-state index in [4.69, 9.17) is 0 Å². The zero-order valence-electron chi connectivity index (χ0n) is 9.43. The van der Waals surface area contributed by atoms with Crippen molar-refractivity contribution < 1.29 is 13.2 Å². The Morgan fingerprint density at radius 3 is 2.59 bits per heavy atom. The molecule has 0 unspecified atom stereocenters. The molecule has 5 heteroatoms. The molecule has 1 N–H and O–H groups in total. The first kappa shape index (κ1) is 12.2. The topological polar surface area (TPSA) is 15.3 Å². The second-order valence-corrected chi connectivity index (χ2v) is 4.11. The number of nitrogens with zero attached hydrogens (tertiary/aromatic N) is 1. The van der Waals surface area contributed by atoms with E-state index >= 15 is 0 Å². The molecule has 1 aromatic carbocycles. The van der Waals surface area contributed by atoms with Crippen molar-refractivity contribution in [2.75, 3.05) is 31.1 Å². The lowest BCUT2D eigenvalue weighted by Gasteiger charge is -2.25. The van der Waals surface area contributed by atoms with Crippen LogP contribution in [0.2, 0.25) is 0 Å². The third-order valence-corrected chi connectivity index (χ3v) is 2.89. The SMILES string of the molecule is FC(F)(F)c1ccccc1N1CCCNCC1. The maximum absolute atomic E-state index is 12.9. The molecule has 0 saturated carbocycles. The van der Waals surface area contributed by atoms with Gasteiger partial charge in [-0.15, -0.1) is 0 Å². The molecular formula is C12H15F3N2. The molecule has 0 aliphatic carbocycles. The summed E-state index contributed by atoms with van der Waals surface area (Å²) in [5, 5.41) is 3.18. The molecular weight excluding hydrogens is 229 g/mol. The molecule has 0 atom stereocenters. The second-order valence-electron chi connectivity index (χ2n) is 4.11. The van der Waals surface area contributed by atoms with Crippen LogP contribution in [0.1, 0.15) is 12.0 Å². The Balaban J connectivity index is 2.30. The van der Waals surface area contributed by atoms with Crippen LogP contribution in [-0.2, 0) is 6.18 Å². The van der Waals surface area contributed by atoms with Crippen molar-refractivity contribution in [3.05, 3.63) is 29.8 Å². The van der Waals surface area contributed by atoms with Crippen LogP contribution in [0.25, 0.3) is 0 Å². The summed E-state index contributed by atoms with van der Waals surface area (Å²) in [6.45, 7) is 2.88. The predicted octanol–water partition coefficient (Wildman–Crippen LogP) is 2.51. The Morgan fingerprint density at radius 1 is 1.06 bits per heavy atom. The molecule has 1 saturated heterocycles. The number of hydrogen-bond acceptors (Lipinski definition) is 2. The highest BCUT2D eigenvalue weighted by atomic mass is 19.4. The molecule has 94 valence electrons. The summed E-state index contributed by atoms with van der Waals surface area (Å²) >= 11 is 0. The van der Waals surface area contributed by atoms with E-state index in [1.54, 1.807) is 12.1 Å². The van der Waals surface area contributed by atoms with Crippen molar-refractivity contribution in [1.82, 2.24) is 5.32 Å². The normalized spacial score (nSPS) is 17.9. The molecule has 1 aliphatic heterocycles. The maximum Gasteiger partial charge on any atom is 0.418 e. The molecule has 1 aliphatic rings. The Labute approximate surface area is 98.4 Å². The molecule has 1 heterocycles. The largest absolute Gasteiger partial charge is 0.418 e. The molecule has 2 rings (SSSR count). The maximum atomic E-state index is 12.9. The van der Waals surface area contributed by atoms with E-state index in [0.29, 0.717) is 18.8 Å². The van der Waals surface area contributed by atoms with Crippen molar-refractivity contribution >= 4 is 5.69 Å². The lowest BCUT2D eigenvalue weighted by Crippen LogP contribution is -2.29. The van der Waals surface area contributed by atoms with Crippen molar-refractivity contribution in [2.24, 2.45) is 0 Å². The van der Waals surface area contributed by atoms with E-state index in [9.17, 15) is 13.2 Å². The highest BCUT2D eigenvalue weighted by Gasteiger charge is 2.34. The molecule has 0 amide bonds. The van der Waals surface area contributed by atoms with Gasteiger partial charge >= 0.3 is 6.18 Å². The zero-order valence-corrected chi connectivity index (χ0v) is 9.43. The lowest BCUT2D eigenvalue weighted by molar-refractivity contribution is -0.137. The number of anilines is 1. The Morgan fingerprint density at radius 2 is 1.82 bits per heavy atom. The quantitative estimate of drug-likeness (QED) is 0.816. The number of hydrogen-bond donors (Lipinski definition) is 1. The summed E-state index contributed by atoms with van der Waals surface area (Å²) in [6.07, 6.45) is -3.41. The molecule has 1 fully saturated rings. The van der Waals surface area contributed by atoms with Crippen molar-refractivity contribution in [3.8, 4) is 0 Å². The first-order chi connectivity index (χ1) is 8.09. The van der Waals surface area contributed by atoms with E-state index in [0.717, 1.165) is 25.6 Å². The fourth-order valence-electron chi connectivity index (χ4n) is 2.08. The average molecular weight is 244 g/mol. The fourth-order valence-corrected chi connectivity index (χ4v) is 2.08. The number of para-hydroxylation sites is 1. The van der Waals surface area contributed by atoms with E-state index in [1.165, 1.54) is 6.07 Å². The highest BCUT2D eigenvalue weighted by Crippen LogP contribution is 2.36. The van der Waals surface area contributed by atoms with Gasteiger partial charge in [0.25, 0.3) is 0 Å². The first-order valence-corrected chi connectivity index (χ1v) is 5.71. The van der Waals surface area contributed by atoms with Gasteiger partial charge < -0.3 is 10.2 Å².